The third kappa shape index (κ3) is 3.82. The zero-order valence-electron chi connectivity index (χ0n) is 18.6. The van der Waals surface area contributed by atoms with E-state index in [9.17, 15) is 14.4 Å². The summed E-state index contributed by atoms with van der Waals surface area (Å²) in [5.41, 5.74) is 6.20. The second-order valence-electron chi connectivity index (χ2n) is 8.74. The number of rotatable bonds is 3. The highest BCUT2D eigenvalue weighted by molar-refractivity contribution is 6.31. The van der Waals surface area contributed by atoms with Gasteiger partial charge in [0.1, 0.15) is 5.57 Å². The van der Waals surface area contributed by atoms with E-state index in [1.165, 1.54) is 10.5 Å². The largest absolute Gasteiger partial charge is 0.331 e. The Morgan fingerprint density at radius 1 is 0.968 bits per heavy atom. The number of barbiturate groups is 1. The molecule has 2 heterocycles. The normalized spacial score (nSPS) is 19.3. The predicted molar refractivity (Wildman–Crippen MR) is 120 cm³/mol. The van der Waals surface area contributed by atoms with Gasteiger partial charge in [-0.3, -0.25) is 19.8 Å². The third-order valence-corrected chi connectivity index (χ3v) is 6.44. The van der Waals surface area contributed by atoms with Crippen molar-refractivity contribution in [1.29, 1.82) is 0 Å². The topological polar surface area (TPSA) is 71.4 Å². The molecule has 0 bridgehead atoms. The van der Waals surface area contributed by atoms with Crippen LogP contribution in [-0.2, 0) is 9.59 Å². The lowest BCUT2D eigenvalue weighted by Crippen LogP contribution is -2.58. The molecule has 4 amide bonds. The fraction of sp³-hybridized carbons (Fsp3) is 0.400. The molecule has 1 N–H and O–H groups in total. The highest BCUT2D eigenvalue weighted by Crippen LogP contribution is 2.29. The minimum Gasteiger partial charge on any atom is -0.318 e. The van der Waals surface area contributed by atoms with E-state index in [1.54, 1.807) is 6.08 Å². The molecule has 2 fully saturated rings. The SMILES string of the molecule is Cc1ccc(-n2c(C)cc(C=C3C(=O)NC(=O)N(C4CCCCC4)C3=O)c2C)c(C)c1. The Morgan fingerprint density at radius 2 is 1.68 bits per heavy atom. The molecule has 4 rings (SSSR count). The Bertz CT molecular complexity index is 1100. The molecule has 2 aliphatic rings. The molecule has 1 aromatic heterocycles. The fourth-order valence-electron chi connectivity index (χ4n) is 4.86. The standard InChI is InChI=1S/C25H29N3O3/c1-15-10-11-22(16(2)12-15)27-17(3)13-19(18(27)4)14-21-23(29)26-25(31)28(24(21)30)20-8-6-5-7-9-20/h10-14,20H,5-9H2,1-4H3,(H,26,29,31). The van der Waals surface area contributed by atoms with Crippen LogP contribution >= 0.6 is 0 Å². The van der Waals surface area contributed by atoms with Crippen molar-refractivity contribution in [3.8, 4) is 5.69 Å². The predicted octanol–water partition coefficient (Wildman–Crippen LogP) is 4.51. The summed E-state index contributed by atoms with van der Waals surface area (Å²) in [7, 11) is 0. The molecule has 31 heavy (non-hydrogen) atoms. The van der Waals surface area contributed by atoms with Crippen LogP contribution in [0.5, 0.6) is 0 Å². The first kappa shape index (κ1) is 21.1. The lowest BCUT2D eigenvalue weighted by atomic mass is 9.93. The molecule has 6 nitrogen and oxygen atoms in total. The minimum absolute atomic E-state index is 0.0195. The average molecular weight is 420 g/mol. The quantitative estimate of drug-likeness (QED) is 0.588. The van der Waals surface area contributed by atoms with Gasteiger partial charge < -0.3 is 4.57 Å². The van der Waals surface area contributed by atoms with Crippen molar-refractivity contribution in [1.82, 2.24) is 14.8 Å². The first-order valence-corrected chi connectivity index (χ1v) is 10.9. The summed E-state index contributed by atoms with van der Waals surface area (Å²) in [6.07, 6.45) is 6.32. The molecule has 1 saturated heterocycles. The van der Waals surface area contributed by atoms with Crippen molar-refractivity contribution >= 4 is 23.9 Å². The number of carbonyl (C=O) groups is 3. The van der Waals surface area contributed by atoms with Gasteiger partial charge in [0.15, 0.2) is 0 Å². The van der Waals surface area contributed by atoms with Crippen LogP contribution in [0, 0.1) is 27.7 Å². The van der Waals surface area contributed by atoms with Gasteiger partial charge in [0.05, 0.1) is 0 Å². The Morgan fingerprint density at radius 3 is 2.35 bits per heavy atom. The smallest absolute Gasteiger partial charge is 0.318 e. The summed E-state index contributed by atoms with van der Waals surface area (Å²) in [6, 6.07) is 7.54. The van der Waals surface area contributed by atoms with Crippen molar-refractivity contribution in [2.24, 2.45) is 0 Å². The second kappa shape index (κ2) is 8.17. The van der Waals surface area contributed by atoms with Gasteiger partial charge >= 0.3 is 6.03 Å². The van der Waals surface area contributed by atoms with Gasteiger partial charge in [-0.1, -0.05) is 37.0 Å². The molecular formula is C25H29N3O3. The van der Waals surface area contributed by atoms with Crippen molar-refractivity contribution < 1.29 is 14.4 Å². The zero-order chi connectivity index (χ0) is 22.3. The van der Waals surface area contributed by atoms with Crippen LogP contribution in [-0.4, -0.2) is 33.4 Å². The van der Waals surface area contributed by atoms with E-state index >= 15 is 0 Å². The van der Waals surface area contributed by atoms with E-state index in [2.05, 4.69) is 41.9 Å². The van der Waals surface area contributed by atoms with Gasteiger partial charge in [0, 0.05) is 23.1 Å². The minimum atomic E-state index is -0.627. The molecule has 1 saturated carbocycles. The van der Waals surface area contributed by atoms with E-state index < -0.39 is 17.8 Å². The Kier molecular flexibility index (Phi) is 5.56. The maximum Gasteiger partial charge on any atom is 0.331 e. The summed E-state index contributed by atoms with van der Waals surface area (Å²) in [5.74, 6) is -1.12. The van der Waals surface area contributed by atoms with Gasteiger partial charge in [-0.05, 0) is 69.9 Å². The number of carbonyl (C=O) groups excluding carboxylic acids is 3. The van der Waals surface area contributed by atoms with Gasteiger partial charge in [0.2, 0.25) is 0 Å². The van der Waals surface area contributed by atoms with Crippen LogP contribution in [0.2, 0.25) is 0 Å². The van der Waals surface area contributed by atoms with Crippen molar-refractivity contribution in [2.75, 3.05) is 0 Å². The highest BCUT2D eigenvalue weighted by atomic mass is 16.2. The fourth-order valence-corrected chi connectivity index (χ4v) is 4.86. The molecule has 1 aliphatic heterocycles. The number of nitrogens with one attached hydrogen (secondary N) is 1. The van der Waals surface area contributed by atoms with Crippen molar-refractivity contribution in [3.63, 3.8) is 0 Å². The first-order chi connectivity index (χ1) is 14.8. The van der Waals surface area contributed by atoms with Crippen LogP contribution in [0.1, 0.15) is 60.2 Å². The Labute approximate surface area is 182 Å². The van der Waals surface area contributed by atoms with Crippen LogP contribution < -0.4 is 5.32 Å². The number of imide groups is 2. The third-order valence-electron chi connectivity index (χ3n) is 6.44. The molecule has 0 unspecified atom stereocenters. The number of urea groups is 1. The summed E-state index contributed by atoms with van der Waals surface area (Å²) in [4.78, 5) is 39.4. The molecule has 1 aromatic carbocycles. The van der Waals surface area contributed by atoms with Crippen LogP contribution in [0.15, 0.2) is 29.8 Å². The molecule has 162 valence electrons. The van der Waals surface area contributed by atoms with Crippen LogP contribution in [0.4, 0.5) is 4.79 Å². The van der Waals surface area contributed by atoms with E-state index in [1.807, 2.05) is 19.9 Å². The molecular weight excluding hydrogens is 390 g/mol. The van der Waals surface area contributed by atoms with Crippen molar-refractivity contribution in [2.45, 2.75) is 65.8 Å². The number of aromatic nitrogens is 1. The summed E-state index contributed by atoms with van der Waals surface area (Å²) >= 11 is 0. The summed E-state index contributed by atoms with van der Waals surface area (Å²) < 4.78 is 2.14. The molecule has 0 spiro atoms. The Balaban J connectivity index is 1.73. The van der Waals surface area contributed by atoms with Gasteiger partial charge in [-0.25, -0.2) is 4.79 Å². The second-order valence-corrected chi connectivity index (χ2v) is 8.74. The first-order valence-electron chi connectivity index (χ1n) is 10.9. The van der Waals surface area contributed by atoms with Crippen LogP contribution in [0.25, 0.3) is 11.8 Å². The number of hydrogen-bond donors (Lipinski definition) is 1. The number of amides is 4. The van der Waals surface area contributed by atoms with Gasteiger partial charge in [0.25, 0.3) is 11.8 Å². The monoisotopic (exact) mass is 419 g/mol. The summed E-state index contributed by atoms with van der Waals surface area (Å²) in [5, 5.41) is 2.37. The van der Waals surface area contributed by atoms with E-state index in [0.717, 1.165) is 60.3 Å². The van der Waals surface area contributed by atoms with E-state index in [-0.39, 0.29) is 11.6 Å². The molecule has 0 atom stereocenters. The summed E-state index contributed by atoms with van der Waals surface area (Å²) in [6.45, 7) is 8.13. The average Bonchev–Trinajstić information content (AvgIpc) is 2.99. The van der Waals surface area contributed by atoms with Gasteiger partial charge in [-0.15, -0.1) is 0 Å². The molecule has 6 heteroatoms. The molecule has 2 aromatic rings. The van der Waals surface area contributed by atoms with Crippen molar-refractivity contribution in [3.05, 3.63) is 57.9 Å². The molecule has 1 aliphatic carbocycles. The number of benzene rings is 1. The molecule has 0 radical (unpaired) electrons. The lowest BCUT2D eigenvalue weighted by Gasteiger charge is -2.35. The highest BCUT2D eigenvalue weighted by Gasteiger charge is 2.40. The van der Waals surface area contributed by atoms with Crippen LogP contribution in [0.3, 0.4) is 0 Å². The number of nitrogens with zero attached hydrogens (tertiary/aromatic N) is 2. The Hall–Kier alpha value is -3.15. The lowest BCUT2D eigenvalue weighted by molar-refractivity contribution is -0.132. The van der Waals surface area contributed by atoms with Gasteiger partial charge in [-0.2, -0.15) is 0 Å². The zero-order valence-corrected chi connectivity index (χ0v) is 18.6. The van der Waals surface area contributed by atoms with E-state index in [4.69, 9.17) is 0 Å². The number of hydrogen-bond acceptors (Lipinski definition) is 3. The maximum absolute atomic E-state index is 13.2. The van der Waals surface area contributed by atoms with E-state index in [0.29, 0.717) is 0 Å². The number of aryl methyl sites for hydroxylation is 3. The maximum atomic E-state index is 13.2.